The molecule has 0 unspecified atom stereocenters. The second-order valence-corrected chi connectivity index (χ2v) is 7.99. The molecule has 3 aromatic rings. The standard InChI is InChI=1S/C21H25N5O4/c1-12(20-26-25-13(2)30-20)23-18(27)16-10-22-17(24-19(16)28)11-29-15-8-6-14(7-9-15)21(3,4)5/h6-10,12H,11H2,1-5H3,(H,23,27)(H,22,24,28)/t12-/m1/s1. The predicted molar refractivity (Wildman–Crippen MR) is 109 cm³/mol. The molecule has 0 radical (unpaired) electrons. The van der Waals surface area contributed by atoms with Crippen molar-refractivity contribution < 1.29 is 13.9 Å². The van der Waals surface area contributed by atoms with Crippen LogP contribution in [0.3, 0.4) is 0 Å². The van der Waals surface area contributed by atoms with Crippen molar-refractivity contribution in [2.24, 2.45) is 0 Å². The molecule has 1 atom stereocenters. The molecule has 1 aromatic carbocycles. The van der Waals surface area contributed by atoms with Crippen molar-refractivity contribution in [1.82, 2.24) is 25.5 Å². The van der Waals surface area contributed by atoms with Gasteiger partial charge in [0.2, 0.25) is 11.8 Å². The summed E-state index contributed by atoms with van der Waals surface area (Å²) in [6.45, 7) is 9.82. The Hall–Kier alpha value is -3.49. The lowest BCUT2D eigenvalue weighted by molar-refractivity contribution is 0.0931. The van der Waals surface area contributed by atoms with Gasteiger partial charge in [-0.2, -0.15) is 0 Å². The molecular formula is C21H25N5O4. The fourth-order valence-electron chi connectivity index (χ4n) is 2.69. The number of H-pyrrole nitrogens is 1. The van der Waals surface area contributed by atoms with Crippen LogP contribution in [-0.4, -0.2) is 26.1 Å². The summed E-state index contributed by atoms with van der Waals surface area (Å²) in [5, 5.41) is 10.2. The number of aromatic nitrogens is 4. The molecule has 2 heterocycles. The van der Waals surface area contributed by atoms with E-state index in [9.17, 15) is 9.59 Å². The van der Waals surface area contributed by atoms with Crippen LogP contribution in [0.2, 0.25) is 0 Å². The van der Waals surface area contributed by atoms with E-state index >= 15 is 0 Å². The molecule has 30 heavy (non-hydrogen) atoms. The highest BCUT2D eigenvalue weighted by atomic mass is 16.5. The van der Waals surface area contributed by atoms with E-state index in [0.717, 1.165) is 0 Å². The van der Waals surface area contributed by atoms with Gasteiger partial charge in [-0.05, 0) is 30.0 Å². The smallest absolute Gasteiger partial charge is 0.263 e. The largest absolute Gasteiger partial charge is 0.486 e. The fourth-order valence-corrected chi connectivity index (χ4v) is 2.69. The first-order chi connectivity index (χ1) is 14.1. The fraction of sp³-hybridized carbons (Fsp3) is 0.381. The Morgan fingerprint density at radius 1 is 1.23 bits per heavy atom. The van der Waals surface area contributed by atoms with Crippen molar-refractivity contribution in [1.29, 1.82) is 0 Å². The lowest BCUT2D eigenvalue weighted by atomic mass is 9.87. The molecule has 0 aliphatic rings. The summed E-state index contributed by atoms with van der Waals surface area (Å²) in [7, 11) is 0. The molecule has 9 heteroatoms. The van der Waals surface area contributed by atoms with E-state index in [1.54, 1.807) is 13.8 Å². The minimum Gasteiger partial charge on any atom is -0.486 e. The Bertz CT molecular complexity index is 1080. The molecule has 158 valence electrons. The van der Waals surface area contributed by atoms with Crippen LogP contribution in [0.4, 0.5) is 0 Å². The summed E-state index contributed by atoms with van der Waals surface area (Å²) >= 11 is 0. The van der Waals surface area contributed by atoms with Gasteiger partial charge < -0.3 is 19.5 Å². The zero-order chi connectivity index (χ0) is 21.9. The van der Waals surface area contributed by atoms with Gasteiger partial charge in [0.15, 0.2) is 0 Å². The third-order valence-corrected chi connectivity index (χ3v) is 4.45. The van der Waals surface area contributed by atoms with E-state index in [-0.39, 0.29) is 23.5 Å². The number of hydrogen-bond donors (Lipinski definition) is 2. The molecule has 0 bridgehead atoms. The van der Waals surface area contributed by atoms with Crippen LogP contribution in [-0.2, 0) is 12.0 Å². The maximum atomic E-state index is 12.4. The topological polar surface area (TPSA) is 123 Å². The first-order valence-electron chi connectivity index (χ1n) is 9.56. The van der Waals surface area contributed by atoms with Gasteiger partial charge in [-0.15, -0.1) is 10.2 Å². The molecule has 2 N–H and O–H groups in total. The molecule has 0 spiro atoms. The molecule has 9 nitrogen and oxygen atoms in total. The first-order valence-corrected chi connectivity index (χ1v) is 9.56. The van der Waals surface area contributed by atoms with Crippen LogP contribution in [0, 0.1) is 6.92 Å². The lowest BCUT2D eigenvalue weighted by Crippen LogP contribution is -2.32. The van der Waals surface area contributed by atoms with E-state index in [1.807, 2.05) is 24.3 Å². The molecule has 0 saturated heterocycles. The second-order valence-electron chi connectivity index (χ2n) is 7.99. The molecule has 1 amide bonds. The van der Waals surface area contributed by atoms with Crippen LogP contribution in [0.1, 0.15) is 67.3 Å². The van der Waals surface area contributed by atoms with Crippen LogP contribution in [0.5, 0.6) is 5.75 Å². The number of rotatable bonds is 6. The number of ether oxygens (including phenoxy) is 1. The number of nitrogens with zero attached hydrogens (tertiary/aromatic N) is 3. The number of carbonyl (C=O) groups is 1. The van der Waals surface area contributed by atoms with Gasteiger partial charge in [-0.25, -0.2) is 4.98 Å². The van der Waals surface area contributed by atoms with Gasteiger partial charge in [-0.1, -0.05) is 32.9 Å². The highest BCUT2D eigenvalue weighted by Gasteiger charge is 2.19. The van der Waals surface area contributed by atoms with E-state index < -0.39 is 17.5 Å². The van der Waals surface area contributed by atoms with Gasteiger partial charge in [-0.3, -0.25) is 9.59 Å². The van der Waals surface area contributed by atoms with Gasteiger partial charge in [0, 0.05) is 13.1 Å². The Balaban J connectivity index is 1.62. The average molecular weight is 411 g/mol. The van der Waals surface area contributed by atoms with Crippen LogP contribution >= 0.6 is 0 Å². The Kier molecular flexibility index (Phi) is 6.00. The van der Waals surface area contributed by atoms with Crippen molar-refractivity contribution in [3.8, 4) is 5.75 Å². The number of carbonyl (C=O) groups excluding carboxylic acids is 1. The Morgan fingerprint density at radius 3 is 2.50 bits per heavy atom. The zero-order valence-corrected chi connectivity index (χ0v) is 17.6. The van der Waals surface area contributed by atoms with Crippen molar-refractivity contribution in [2.45, 2.75) is 52.7 Å². The highest BCUT2D eigenvalue weighted by Crippen LogP contribution is 2.24. The molecule has 2 aromatic heterocycles. The monoisotopic (exact) mass is 411 g/mol. The number of benzene rings is 1. The molecule has 0 aliphatic carbocycles. The summed E-state index contributed by atoms with van der Waals surface area (Å²) in [4.78, 5) is 31.4. The van der Waals surface area contributed by atoms with E-state index in [4.69, 9.17) is 9.15 Å². The number of nitrogens with one attached hydrogen (secondary N) is 2. The Labute approximate surface area is 173 Å². The minimum atomic E-state index is -0.586. The number of aryl methyl sites for hydroxylation is 1. The average Bonchev–Trinajstić information content (AvgIpc) is 3.12. The summed E-state index contributed by atoms with van der Waals surface area (Å²) in [6.07, 6.45) is 1.22. The summed E-state index contributed by atoms with van der Waals surface area (Å²) in [6, 6.07) is 7.22. The number of hydrogen-bond acceptors (Lipinski definition) is 7. The van der Waals surface area contributed by atoms with Crippen molar-refractivity contribution in [3.63, 3.8) is 0 Å². The van der Waals surface area contributed by atoms with Crippen molar-refractivity contribution in [3.05, 3.63) is 69.5 Å². The van der Waals surface area contributed by atoms with Crippen molar-refractivity contribution in [2.75, 3.05) is 0 Å². The third-order valence-electron chi connectivity index (χ3n) is 4.45. The van der Waals surface area contributed by atoms with E-state index in [1.165, 1.54) is 11.8 Å². The normalized spacial score (nSPS) is 12.4. The molecular weight excluding hydrogens is 386 g/mol. The maximum Gasteiger partial charge on any atom is 0.263 e. The summed E-state index contributed by atoms with van der Waals surface area (Å²) in [5.41, 5.74) is 0.581. The molecule has 3 rings (SSSR count). The first kappa shape index (κ1) is 21.2. The van der Waals surface area contributed by atoms with Crippen LogP contribution in [0.25, 0.3) is 0 Å². The number of amides is 1. The van der Waals surface area contributed by atoms with Gasteiger partial charge in [0.1, 0.15) is 29.8 Å². The molecule has 0 aliphatic heterocycles. The third kappa shape index (κ3) is 5.11. The van der Waals surface area contributed by atoms with E-state index in [0.29, 0.717) is 17.5 Å². The van der Waals surface area contributed by atoms with Gasteiger partial charge in [0.05, 0.1) is 0 Å². The quantitative estimate of drug-likeness (QED) is 0.639. The molecule has 0 fully saturated rings. The summed E-state index contributed by atoms with van der Waals surface area (Å²) < 4.78 is 11.0. The van der Waals surface area contributed by atoms with Gasteiger partial charge >= 0.3 is 0 Å². The van der Waals surface area contributed by atoms with E-state index in [2.05, 4.69) is 46.3 Å². The van der Waals surface area contributed by atoms with Crippen LogP contribution in [0.15, 0.2) is 39.7 Å². The van der Waals surface area contributed by atoms with Crippen LogP contribution < -0.4 is 15.6 Å². The second kappa shape index (κ2) is 8.48. The Morgan fingerprint density at radius 2 is 1.93 bits per heavy atom. The zero-order valence-electron chi connectivity index (χ0n) is 17.6. The number of aromatic amines is 1. The predicted octanol–water partition coefficient (Wildman–Crippen LogP) is 2.83. The van der Waals surface area contributed by atoms with Gasteiger partial charge in [0.25, 0.3) is 11.5 Å². The highest BCUT2D eigenvalue weighted by molar-refractivity contribution is 5.93. The SMILES string of the molecule is Cc1nnc([C@@H](C)NC(=O)c2cnc(COc3ccc(C(C)(C)C)cc3)[nH]c2=O)o1. The lowest BCUT2D eigenvalue weighted by Gasteiger charge is -2.19. The molecule has 0 saturated carbocycles. The maximum absolute atomic E-state index is 12.4. The summed E-state index contributed by atoms with van der Waals surface area (Å²) in [5.74, 6) is 1.04. The van der Waals surface area contributed by atoms with Crippen molar-refractivity contribution >= 4 is 5.91 Å². The minimum absolute atomic E-state index is 0.0571.